The van der Waals surface area contributed by atoms with Crippen molar-refractivity contribution in [2.75, 3.05) is 65.1 Å². The Labute approximate surface area is 612 Å². The number of aromatic nitrogens is 12. The number of halogens is 13. The molecule has 0 aliphatic heterocycles. The summed E-state index contributed by atoms with van der Waals surface area (Å²) in [6, 6.07) is 37.2. The number of nitrogens with zero attached hydrogens (tertiary/aromatic N) is 13. The van der Waals surface area contributed by atoms with Crippen molar-refractivity contribution in [3.8, 4) is 29.4 Å². The van der Waals surface area contributed by atoms with E-state index < -0.39 is 76.1 Å². The number of thiol groups is 1. The number of hydrogen-bond donors (Lipinski definition) is 4. The zero-order valence-electron chi connectivity index (χ0n) is 56.3. The van der Waals surface area contributed by atoms with Crippen LogP contribution in [0.25, 0.3) is 11.3 Å². The number of anilines is 3. The minimum absolute atomic E-state index is 0.0260. The number of fused-ring (bicyclic) bond motifs is 2. The van der Waals surface area contributed by atoms with Crippen LogP contribution < -0.4 is 67.1 Å². The van der Waals surface area contributed by atoms with Gasteiger partial charge in [0, 0.05) is 42.2 Å². The Morgan fingerprint density at radius 2 is 0.953 bits per heavy atom. The first-order valence-corrected chi connectivity index (χ1v) is 32.4. The molecule has 1 radical (unpaired) electrons. The molecule has 10 aromatic rings. The zero-order chi connectivity index (χ0) is 79.7. The number of hydrogen-bond acceptors (Lipinski definition) is 26. The zero-order valence-corrected chi connectivity index (χ0v) is 59.6. The van der Waals surface area contributed by atoms with Crippen molar-refractivity contribution in [3.63, 3.8) is 0 Å². The second kappa shape index (κ2) is 41.8. The molecule has 7 aromatic heterocycles. The quantitative estimate of drug-likeness (QED) is 0.0185. The van der Waals surface area contributed by atoms with Crippen LogP contribution in [0, 0.1) is 0 Å². The first-order chi connectivity index (χ1) is 50.6. The van der Waals surface area contributed by atoms with E-state index in [2.05, 4.69) is 136 Å². The standard InChI is InChI=1S/C22H21O2P.C11H12F3N3O3.C9H5BrF3N3O2.C9H6F3N3O2.C7H6F3N3O2.C5H7N3O.BHNS/c1-2-24-22(23)18-25(19-12-6-3-7-13-19,20-14-8-4-9-15-20)21-16-10-5-11-17-21;1-3-20-10(18)4-7(11(12,13)14)17-8-5-9(19-2)16-6-15-8;1-18-5-2-4-15-7(9(11,12)13)6(10)8(17)16(4)3-14-5;1-17-7-3-6-14-5(9(10,11)12)2-8(16)15(6)4-13-7;1-15-5-2-4(11-3-12-5)13-6(14)7(8,9)10;1-9-5-2-4(6)7-3-8-5;1-2-3/h3-18H,2H2,1H3;4-6H,3H2,1-2H3,(H,15,16,17);2-3H,1H3;2-4H,1H3;2-3H,1H3,(H,11,12,13,14);2-3H,1H3,(H2,6,7,8);3H. The number of carbonyl (C=O) groups is 3. The summed E-state index contributed by atoms with van der Waals surface area (Å²) in [5.74, 6) is -0.908. The van der Waals surface area contributed by atoms with Gasteiger partial charge in [0.2, 0.25) is 29.4 Å². The number of nitrogens with one attached hydrogen (secondary N) is 2. The first-order valence-electron chi connectivity index (χ1n) is 29.3. The van der Waals surface area contributed by atoms with Crippen LogP contribution in [0.4, 0.5) is 70.1 Å². The van der Waals surface area contributed by atoms with Crippen LogP contribution in [0.15, 0.2) is 189 Å². The molecule has 0 aliphatic carbocycles. The van der Waals surface area contributed by atoms with Gasteiger partial charge in [0.25, 0.3) is 11.1 Å². The fourth-order valence-electron chi connectivity index (χ4n) is 7.87. The van der Waals surface area contributed by atoms with Crippen LogP contribution in [-0.4, -0.2) is 151 Å². The molecule has 0 saturated heterocycles. The van der Waals surface area contributed by atoms with Gasteiger partial charge < -0.3 is 49.5 Å². The SMILES string of the molecule is CCOC(=O)C=C(Nc1cc(OC)ncn1)C(F)(F)F.CCOC(=O)C=P(c1ccccc1)(c1ccccc1)c1ccccc1.COc1cc(N)ncn1.COc1cc(NC(=O)C(F)(F)F)ncn1.COc1cc2nc(C(F)(F)F)c(Br)c(=O)n2cn1.COc1cc2nc(C(F)(F)F)cc(=O)n2cn1.[B]=NS. The van der Waals surface area contributed by atoms with Gasteiger partial charge in [-0.05, 0) is 52.6 Å². The Hall–Kier alpha value is -11.6. The van der Waals surface area contributed by atoms with Crippen molar-refractivity contribution in [1.82, 2.24) is 58.6 Å². The molecular weight excluding hydrogens is 1550 g/mol. The van der Waals surface area contributed by atoms with E-state index in [9.17, 15) is 76.7 Å². The summed E-state index contributed by atoms with van der Waals surface area (Å²) < 4.78 is 186. The Morgan fingerprint density at radius 1 is 0.551 bits per heavy atom. The number of allylic oxidation sites excluding steroid dienone is 1. The fraction of sp³-hybridized carbons (Fsp3) is 0.206. The van der Waals surface area contributed by atoms with E-state index in [1.165, 1.54) is 48.8 Å². The van der Waals surface area contributed by atoms with Crippen molar-refractivity contribution in [2.45, 2.75) is 38.6 Å². The summed E-state index contributed by atoms with van der Waals surface area (Å²) in [5, 5.41) is 6.97. The molecule has 4 N–H and O–H groups in total. The number of methoxy groups -OCH3 is 5. The van der Waals surface area contributed by atoms with E-state index in [4.69, 9.17) is 29.4 Å². The molecule has 3 aromatic carbocycles. The van der Waals surface area contributed by atoms with E-state index in [1.54, 1.807) is 17.2 Å². The minimum atomic E-state index is -4.95. The molecule has 567 valence electrons. The molecular formula is C63H58BBrF12N16O12PS. The molecule has 0 unspecified atom stereocenters. The second-order valence-corrected chi connectivity index (χ2v) is 23.6. The van der Waals surface area contributed by atoms with Crippen LogP contribution in [0.3, 0.4) is 0 Å². The summed E-state index contributed by atoms with van der Waals surface area (Å²) in [6.45, 7) is 1.42. The van der Waals surface area contributed by atoms with Crippen LogP contribution >= 0.6 is 35.6 Å². The Balaban J connectivity index is 0.000000274. The molecule has 0 bridgehead atoms. The first kappa shape index (κ1) is 87.8. The average molecular weight is 1610 g/mol. The molecule has 0 spiro atoms. The van der Waals surface area contributed by atoms with Gasteiger partial charge in [-0.2, -0.15) is 52.7 Å². The Bertz CT molecular complexity index is 4700. The number of esters is 2. The van der Waals surface area contributed by atoms with Crippen LogP contribution in [-0.2, 0) is 36.2 Å². The van der Waals surface area contributed by atoms with E-state index in [1.807, 2.05) is 66.8 Å². The van der Waals surface area contributed by atoms with Gasteiger partial charge in [-0.25, -0.2) is 63.8 Å². The monoisotopic (exact) mass is 1610 g/mol. The maximum absolute atomic E-state index is 12.8. The van der Waals surface area contributed by atoms with Gasteiger partial charge in [-0.15, -0.1) is 0 Å². The topological polar surface area (TPSA) is 350 Å². The van der Waals surface area contributed by atoms with Crippen LogP contribution in [0.1, 0.15) is 25.2 Å². The van der Waals surface area contributed by atoms with Crippen molar-refractivity contribution in [2.24, 2.45) is 4.30 Å². The summed E-state index contributed by atoms with van der Waals surface area (Å²) in [5.41, 5.74) is -0.607. The number of nitrogen functional groups attached to an aromatic ring is 1. The molecule has 10 rings (SSSR count). The van der Waals surface area contributed by atoms with Crippen LogP contribution in [0.2, 0.25) is 0 Å². The average Bonchev–Trinajstić information content (AvgIpc) is 0.759. The van der Waals surface area contributed by atoms with E-state index in [-0.39, 0.29) is 59.0 Å². The Morgan fingerprint density at radius 3 is 1.35 bits per heavy atom. The van der Waals surface area contributed by atoms with E-state index in [0.717, 1.165) is 74.3 Å². The van der Waals surface area contributed by atoms with Gasteiger partial charge in [0.05, 0.1) is 54.8 Å². The van der Waals surface area contributed by atoms with Gasteiger partial charge in [0.1, 0.15) is 70.6 Å². The molecule has 28 nitrogen and oxygen atoms in total. The van der Waals surface area contributed by atoms with Crippen molar-refractivity contribution >= 4 is 112 Å². The predicted octanol–water partition coefficient (Wildman–Crippen LogP) is 9.49. The van der Waals surface area contributed by atoms with Crippen molar-refractivity contribution in [1.29, 1.82) is 0 Å². The summed E-state index contributed by atoms with van der Waals surface area (Å²) in [6.07, 6.45) is -13.3. The maximum atomic E-state index is 12.8. The number of ether oxygens (including phenoxy) is 7. The summed E-state index contributed by atoms with van der Waals surface area (Å²) in [4.78, 5) is 93.0. The van der Waals surface area contributed by atoms with Gasteiger partial charge in [0.15, 0.2) is 11.4 Å². The normalized spacial score (nSPS) is 11.0. The number of rotatable bonds is 15. The number of alkyl halides is 12. The number of carbonyl (C=O) groups excluding carboxylic acids is 3. The molecule has 1 amide bonds. The van der Waals surface area contributed by atoms with E-state index in [0.29, 0.717) is 30.4 Å². The van der Waals surface area contributed by atoms with Crippen molar-refractivity contribution < 1.29 is 100 Å². The predicted molar refractivity (Wildman–Crippen MR) is 374 cm³/mol. The second-order valence-electron chi connectivity index (χ2n) is 19.4. The summed E-state index contributed by atoms with van der Waals surface area (Å²) >= 11 is 5.79. The molecule has 7 heterocycles. The fourth-order valence-corrected chi connectivity index (χ4v) is 12.0. The molecule has 0 aliphatic rings. The Kier molecular flexibility index (Phi) is 34.3. The molecule has 0 fully saturated rings. The molecule has 0 atom stereocenters. The van der Waals surface area contributed by atoms with Gasteiger partial charge in [-0.3, -0.25) is 18.8 Å². The third-order valence-corrected chi connectivity index (χ3v) is 17.1. The molecule has 44 heteroatoms. The third-order valence-electron chi connectivity index (χ3n) is 12.4. The third kappa shape index (κ3) is 27.4. The van der Waals surface area contributed by atoms with Crippen molar-refractivity contribution in [3.05, 3.63) is 207 Å². The van der Waals surface area contributed by atoms with Gasteiger partial charge in [-0.1, -0.05) is 91.0 Å². The summed E-state index contributed by atoms with van der Waals surface area (Å²) in [7, 11) is 11.1. The van der Waals surface area contributed by atoms with Crippen LogP contribution in [0.5, 0.6) is 29.4 Å². The molecule has 0 saturated carbocycles. The number of nitrogens with two attached hydrogens (primary N) is 1. The number of benzene rings is 3. The number of amides is 1. The molecule has 107 heavy (non-hydrogen) atoms. The van der Waals surface area contributed by atoms with Gasteiger partial charge >= 0.3 is 67.3 Å². The van der Waals surface area contributed by atoms with E-state index >= 15 is 0 Å².